The third-order valence-corrected chi connectivity index (χ3v) is 2.16. The van der Waals surface area contributed by atoms with Crippen LogP contribution in [0.25, 0.3) is 0 Å². The normalized spacial score (nSPS) is 15.8. The first kappa shape index (κ1) is 8.86. The van der Waals surface area contributed by atoms with Gasteiger partial charge in [0.05, 0.1) is 6.54 Å². The lowest BCUT2D eigenvalue weighted by molar-refractivity contribution is -0.114. The van der Waals surface area contributed by atoms with Crippen LogP contribution in [0.1, 0.15) is 18.7 Å². The third kappa shape index (κ3) is 1.78. The molecule has 2 rings (SSSR count). The predicted molar refractivity (Wildman–Crippen MR) is 48.0 cm³/mol. The van der Waals surface area contributed by atoms with E-state index in [2.05, 4.69) is 20.8 Å². The van der Waals surface area contributed by atoms with E-state index in [1.165, 1.54) is 0 Å². The van der Waals surface area contributed by atoms with E-state index in [0.717, 1.165) is 17.9 Å². The highest BCUT2D eigenvalue weighted by Gasteiger charge is 2.12. The molecule has 74 valence electrons. The summed E-state index contributed by atoms with van der Waals surface area (Å²) in [5.74, 6) is 0.939. The van der Waals surface area contributed by atoms with Gasteiger partial charge in [-0.05, 0) is 16.8 Å². The average Bonchev–Trinajstić information content (AvgIpc) is 2.72. The number of hydrogen-bond acceptors (Lipinski definition) is 5. The quantitative estimate of drug-likeness (QED) is 0.703. The van der Waals surface area contributed by atoms with Gasteiger partial charge >= 0.3 is 0 Å². The zero-order valence-corrected chi connectivity index (χ0v) is 7.90. The summed E-state index contributed by atoms with van der Waals surface area (Å²) in [6.45, 7) is 0.558. The van der Waals surface area contributed by atoms with E-state index in [-0.39, 0.29) is 5.78 Å². The summed E-state index contributed by atoms with van der Waals surface area (Å²) in [5, 5.41) is 14.2. The van der Waals surface area contributed by atoms with Gasteiger partial charge in [0, 0.05) is 25.2 Å². The van der Waals surface area contributed by atoms with E-state index >= 15 is 0 Å². The molecular formula is C8H11N5O. The Morgan fingerprint density at radius 1 is 1.57 bits per heavy atom. The van der Waals surface area contributed by atoms with Gasteiger partial charge in [-0.25, -0.2) is 4.68 Å². The number of tetrazole rings is 1. The van der Waals surface area contributed by atoms with Crippen LogP contribution in [0, 0.1) is 0 Å². The molecule has 0 amide bonds. The molecule has 0 radical (unpaired) electrons. The average molecular weight is 193 g/mol. The van der Waals surface area contributed by atoms with Gasteiger partial charge in [-0.3, -0.25) is 4.79 Å². The maximum absolute atomic E-state index is 10.9. The Kier molecular flexibility index (Phi) is 2.26. The van der Waals surface area contributed by atoms with Gasteiger partial charge in [0.1, 0.15) is 0 Å². The minimum atomic E-state index is 0.184. The molecular weight excluding hydrogens is 182 g/mol. The molecule has 0 atom stereocenters. The number of carbonyl (C=O) groups is 1. The molecule has 0 aliphatic heterocycles. The molecule has 6 heteroatoms. The molecule has 1 heterocycles. The molecule has 1 aromatic heterocycles. The van der Waals surface area contributed by atoms with E-state index in [4.69, 9.17) is 0 Å². The van der Waals surface area contributed by atoms with Crippen molar-refractivity contribution in [2.45, 2.75) is 19.4 Å². The molecule has 0 saturated heterocycles. The monoisotopic (exact) mass is 193 g/mol. The summed E-state index contributed by atoms with van der Waals surface area (Å²) >= 11 is 0. The van der Waals surface area contributed by atoms with Crippen molar-refractivity contribution >= 4 is 5.78 Å². The number of nitrogens with one attached hydrogen (secondary N) is 1. The number of allylic oxidation sites excluding steroid dienone is 2. The van der Waals surface area contributed by atoms with Gasteiger partial charge in [-0.2, -0.15) is 0 Å². The Balaban J connectivity index is 1.92. The zero-order chi connectivity index (χ0) is 9.97. The van der Waals surface area contributed by atoms with Crippen LogP contribution in [0.2, 0.25) is 0 Å². The first-order valence-corrected chi connectivity index (χ1v) is 4.44. The number of carbonyl (C=O) groups excluding carboxylic acids is 1. The number of rotatable bonds is 3. The fourth-order valence-corrected chi connectivity index (χ4v) is 1.33. The van der Waals surface area contributed by atoms with Crippen molar-refractivity contribution < 1.29 is 4.79 Å². The second-order valence-electron chi connectivity index (χ2n) is 3.21. The first-order chi connectivity index (χ1) is 6.75. The van der Waals surface area contributed by atoms with Crippen LogP contribution in [0.4, 0.5) is 0 Å². The summed E-state index contributed by atoms with van der Waals surface area (Å²) in [7, 11) is 1.78. The van der Waals surface area contributed by atoms with Crippen molar-refractivity contribution in [3.8, 4) is 0 Å². The standard InChI is InChI=1S/C8H11N5O/c1-13-8(10-11-12-13)5-9-6-2-3-7(14)4-6/h4,9H,2-3,5H2,1H3. The Morgan fingerprint density at radius 3 is 3.00 bits per heavy atom. The van der Waals surface area contributed by atoms with Crippen molar-refractivity contribution in [1.29, 1.82) is 0 Å². The van der Waals surface area contributed by atoms with Crippen molar-refractivity contribution in [3.05, 3.63) is 17.6 Å². The summed E-state index contributed by atoms with van der Waals surface area (Å²) in [4.78, 5) is 10.9. The lowest BCUT2D eigenvalue weighted by Crippen LogP contribution is -2.15. The summed E-state index contributed by atoms with van der Waals surface area (Å²) in [5.41, 5.74) is 0.970. The fraction of sp³-hybridized carbons (Fsp3) is 0.500. The molecule has 0 bridgehead atoms. The highest BCUT2D eigenvalue weighted by atomic mass is 16.1. The van der Waals surface area contributed by atoms with Crippen LogP contribution in [0.15, 0.2) is 11.8 Å². The van der Waals surface area contributed by atoms with Gasteiger partial charge < -0.3 is 5.32 Å². The number of ketones is 1. The van der Waals surface area contributed by atoms with Crippen LogP contribution in [0.3, 0.4) is 0 Å². The Hall–Kier alpha value is -1.72. The van der Waals surface area contributed by atoms with Crippen molar-refractivity contribution in [1.82, 2.24) is 25.5 Å². The maximum atomic E-state index is 10.9. The maximum Gasteiger partial charge on any atom is 0.170 e. The number of aryl methyl sites for hydroxylation is 1. The van der Waals surface area contributed by atoms with Crippen LogP contribution < -0.4 is 5.32 Å². The van der Waals surface area contributed by atoms with Crippen LogP contribution in [-0.4, -0.2) is 26.0 Å². The Morgan fingerprint density at radius 2 is 2.43 bits per heavy atom. The molecule has 1 aliphatic carbocycles. The largest absolute Gasteiger partial charge is 0.381 e. The van der Waals surface area contributed by atoms with Crippen LogP contribution in [0.5, 0.6) is 0 Å². The van der Waals surface area contributed by atoms with E-state index in [9.17, 15) is 4.79 Å². The third-order valence-electron chi connectivity index (χ3n) is 2.16. The molecule has 0 unspecified atom stereocenters. The van der Waals surface area contributed by atoms with Crippen LogP contribution in [-0.2, 0) is 18.4 Å². The molecule has 0 spiro atoms. The molecule has 1 aliphatic rings. The van der Waals surface area contributed by atoms with Gasteiger partial charge in [0.25, 0.3) is 0 Å². The topological polar surface area (TPSA) is 72.7 Å². The molecule has 0 aromatic carbocycles. The number of hydrogen-bond donors (Lipinski definition) is 1. The van der Waals surface area contributed by atoms with Crippen molar-refractivity contribution in [2.75, 3.05) is 0 Å². The molecule has 1 aromatic rings. The summed E-state index contributed by atoms with van der Waals surface area (Å²) in [6, 6.07) is 0. The molecule has 0 fully saturated rings. The minimum Gasteiger partial charge on any atom is -0.381 e. The summed E-state index contributed by atoms with van der Waals surface area (Å²) in [6.07, 6.45) is 3.05. The predicted octanol–water partition coefficient (Wildman–Crippen LogP) is -0.454. The Bertz CT molecular complexity index is 381. The first-order valence-electron chi connectivity index (χ1n) is 4.44. The Labute approximate surface area is 81.0 Å². The van der Waals surface area contributed by atoms with E-state index < -0.39 is 0 Å². The van der Waals surface area contributed by atoms with Crippen molar-refractivity contribution in [3.63, 3.8) is 0 Å². The fourth-order valence-electron chi connectivity index (χ4n) is 1.33. The molecule has 0 saturated carbocycles. The highest BCUT2D eigenvalue weighted by molar-refractivity contribution is 5.92. The van der Waals surface area contributed by atoms with Crippen LogP contribution >= 0.6 is 0 Å². The second-order valence-corrected chi connectivity index (χ2v) is 3.21. The molecule has 1 N–H and O–H groups in total. The van der Waals surface area contributed by atoms with E-state index in [1.54, 1.807) is 17.8 Å². The second kappa shape index (κ2) is 3.57. The molecule has 14 heavy (non-hydrogen) atoms. The van der Waals surface area contributed by atoms with Gasteiger partial charge in [0.2, 0.25) is 0 Å². The minimum absolute atomic E-state index is 0.184. The number of nitrogens with zero attached hydrogens (tertiary/aromatic N) is 4. The number of aromatic nitrogens is 4. The van der Waals surface area contributed by atoms with Gasteiger partial charge in [-0.15, -0.1) is 5.10 Å². The van der Waals surface area contributed by atoms with Gasteiger partial charge in [-0.1, -0.05) is 0 Å². The highest BCUT2D eigenvalue weighted by Crippen LogP contribution is 2.11. The van der Waals surface area contributed by atoms with E-state index in [0.29, 0.717) is 13.0 Å². The van der Waals surface area contributed by atoms with Gasteiger partial charge in [0.15, 0.2) is 11.6 Å². The zero-order valence-electron chi connectivity index (χ0n) is 7.90. The SMILES string of the molecule is Cn1nnnc1CNC1=CC(=O)CC1. The van der Waals surface area contributed by atoms with E-state index in [1.807, 2.05) is 0 Å². The molecule has 6 nitrogen and oxygen atoms in total. The lowest BCUT2D eigenvalue weighted by atomic mass is 10.3. The lowest BCUT2D eigenvalue weighted by Gasteiger charge is -2.04. The smallest absolute Gasteiger partial charge is 0.170 e. The van der Waals surface area contributed by atoms with Crippen molar-refractivity contribution in [2.24, 2.45) is 7.05 Å². The summed E-state index contributed by atoms with van der Waals surface area (Å²) < 4.78 is 1.60.